The lowest BCUT2D eigenvalue weighted by Crippen LogP contribution is -2.35. The molecule has 16 heavy (non-hydrogen) atoms. The van der Waals surface area contributed by atoms with Gasteiger partial charge in [-0.1, -0.05) is 0 Å². The maximum absolute atomic E-state index is 12.1. The molecule has 1 aromatic rings. The number of pyridine rings is 1. The van der Waals surface area contributed by atoms with Gasteiger partial charge in [-0.05, 0) is 38.3 Å². The molecule has 1 aromatic heterocycles. The second-order valence-electron chi connectivity index (χ2n) is 4.27. The Morgan fingerprint density at radius 1 is 1.31 bits per heavy atom. The smallest absolute Gasteiger partial charge is 0.254 e. The van der Waals surface area contributed by atoms with Gasteiger partial charge in [-0.2, -0.15) is 0 Å². The molecule has 1 saturated heterocycles. The number of likely N-dealkylation sites (tertiary alicyclic amines) is 1. The molecule has 4 heteroatoms. The van der Waals surface area contributed by atoms with Crippen LogP contribution in [-0.4, -0.2) is 28.9 Å². The topological polar surface area (TPSA) is 59.2 Å². The van der Waals surface area contributed by atoms with Gasteiger partial charge >= 0.3 is 0 Å². The molecule has 0 aromatic carbocycles. The van der Waals surface area contributed by atoms with Gasteiger partial charge in [-0.25, -0.2) is 4.98 Å². The molecule has 0 radical (unpaired) electrons. The van der Waals surface area contributed by atoms with Gasteiger partial charge in [-0.15, -0.1) is 0 Å². The zero-order chi connectivity index (χ0) is 11.5. The van der Waals surface area contributed by atoms with Crippen LogP contribution in [0.15, 0.2) is 12.1 Å². The standard InChI is InChI=1S/C12H17N3O/c1-9-7-10(8-11(13)14-9)12(16)15-5-3-2-4-6-15/h7-8H,2-6H2,1H3,(H2,13,14). The summed E-state index contributed by atoms with van der Waals surface area (Å²) in [5.74, 6) is 0.497. The predicted molar refractivity (Wildman–Crippen MR) is 63.1 cm³/mol. The van der Waals surface area contributed by atoms with Gasteiger partial charge in [0.1, 0.15) is 5.82 Å². The van der Waals surface area contributed by atoms with Gasteiger partial charge in [0.15, 0.2) is 0 Å². The highest BCUT2D eigenvalue weighted by Crippen LogP contribution is 2.15. The zero-order valence-corrected chi connectivity index (χ0v) is 9.57. The Morgan fingerprint density at radius 2 is 2.00 bits per heavy atom. The summed E-state index contributed by atoms with van der Waals surface area (Å²) in [7, 11) is 0. The highest BCUT2D eigenvalue weighted by atomic mass is 16.2. The first-order chi connectivity index (χ1) is 7.66. The number of nitrogens with two attached hydrogens (primary N) is 1. The van der Waals surface area contributed by atoms with Crippen LogP contribution in [0.2, 0.25) is 0 Å². The van der Waals surface area contributed by atoms with Crippen LogP contribution in [-0.2, 0) is 0 Å². The molecule has 1 aliphatic heterocycles. The fraction of sp³-hybridized carbons (Fsp3) is 0.500. The number of hydrogen-bond acceptors (Lipinski definition) is 3. The normalized spacial score (nSPS) is 16.2. The van der Waals surface area contributed by atoms with E-state index in [-0.39, 0.29) is 5.91 Å². The Labute approximate surface area is 95.5 Å². The van der Waals surface area contributed by atoms with E-state index in [0.29, 0.717) is 11.4 Å². The van der Waals surface area contributed by atoms with E-state index in [1.54, 1.807) is 12.1 Å². The quantitative estimate of drug-likeness (QED) is 0.780. The van der Waals surface area contributed by atoms with E-state index in [4.69, 9.17) is 5.73 Å². The lowest BCUT2D eigenvalue weighted by atomic mass is 10.1. The molecule has 0 bridgehead atoms. The van der Waals surface area contributed by atoms with E-state index in [2.05, 4.69) is 4.98 Å². The largest absolute Gasteiger partial charge is 0.384 e. The van der Waals surface area contributed by atoms with E-state index in [1.165, 1.54) is 6.42 Å². The number of hydrogen-bond donors (Lipinski definition) is 1. The van der Waals surface area contributed by atoms with Crippen molar-refractivity contribution in [2.75, 3.05) is 18.8 Å². The summed E-state index contributed by atoms with van der Waals surface area (Å²) in [6.07, 6.45) is 3.43. The third-order valence-electron chi connectivity index (χ3n) is 2.86. The van der Waals surface area contributed by atoms with Crippen molar-refractivity contribution in [1.82, 2.24) is 9.88 Å². The first-order valence-corrected chi connectivity index (χ1v) is 5.70. The SMILES string of the molecule is Cc1cc(C(=O)N2CCCCC2)cc(N)n1. The van der Waals surface area contributed by atoms with E-state index in [1.807, 2.05) is 11.8 Å². The molecule has 0 saturated carbocycles. The maximum atomic E-state index is 12.1. The Bertz CT molecular complexity index is 377. The van der Waals surface area contributed by atoms with Gasteiger partial charge in [0, 0.05) is 24.3 Å². The first-order valence-electron chi connectivity index (χ1n) is 5.70. The predicted octanol–water partition coefficient (Wildman–Crippen LogP) is 1.60. The molecule has 86 valence electrons. The Kier molecular flexibility index (Phi) is 3.08. The van der Waals surface area contributed by atoms with Gasteiger partial charge in [0.2, 0.25) is 0 Å². The molecule has 2 heterocycles. The van der Waals surface area contributed by atoms with Crippen molar-refractivity contribution in [2.45, 2.75) is 26.2 Å². The number of aromatic nitrogens is 1. The van der Waals surface area contributed by atoms with Gasteiger partial charge in [-0.3, -0.25) is 4.79 Å². The van der Waals surface area contributed by atoms with Crippen LogP contribution < -0.4 is 5.73 Å². The minimum atomic E-state index is 0.0805. The molecule has 0 aliphatic carbocycles. The van der Waals surface area contributed by atoms with Crippen LogP contribution in [0.25, 0.3) is 0 Å². The van der Waals surface area contributed by atoms with Gasteiger partial charge in [0.25, 0.3) is 5.91 Å². The van der Waals surface area contributed by atoms with Crippen LogP contribution in [0.5, 0.6) is 0 Å². The number of piperidine rings is 1. The second kappa shape index (κ2) is 4.51. The molecule has 0 atom stereocenters. The van der Waals surface area contributed by atoms with E-state index >= 15 is 0 Å². The second-order valence-corrected chi connectivity index (χ2v) is 4.27. The number of nitrogen functional groups attached to an aromatic ring is 1. The van der Waals surface area contributed by atoms with E-state index in [0.717, 1.165) is 31.6 Å². The van der Waals surface area contributed by atoms with E-state index < -0.39 is 0 Å². The molecule has 2 N–H and O–H groups in total. The summed E-state index contributed by atoms with van der Waals surface area (Å²) in [4.78, 5) is 18.1. The highest BCUT2D eigenvalue weighted by Gasteiger charge is 2.18. The lowest BCUT2D eigenvalue weighted by molar-refractivity contribution is 0.0724. The number of aryl methyl sites for hydroxylation is 1. The Hall–Kier alpha value is -1.58. The van der Waals surface area contributed by atoms with Crippen molar-refractivity contribution < 1.29 is 4.79 Å². The Morgan fingerprint density at radius 3 is 2.62 bits per heavy atom. The minimum absolute atomic E-state index is 0.0805. The van der Waals surface area contributed by atoms with Crippen molar-refractivity contribution in [3.05, 3.63) is 23.4 Å². The number of carbonyl (C=O) groups is 1. The molecular weight excluding hydrogens is 202 g/mol. The van der Waals surface area contributed by atoms with Crippen molar-refractivity contribution >= 4 is 11.7 Å². The van der Waals surface area contributed by atoms with Crippen molar-refractivity contribution in [3.8, 4) is 0 Å². The molecule has 1 amide bonds. The van der Waals surface area contributed by atoms with E-state index in [9.17, 15) is 4.79 Å². The summed E-state index contributed by atoms with van der Waals surface area (Å²) in [5, 5.41) is 0. The van der Waals surface area contributed by atoms with Crippen LogP contribution in [0, 0.1) is 6.92 Å². The number of rotatable bonds is 1. The lowest BCUT2D eigenvalue weighted by Gasteiger charge is -2.26. The first kappa shape index (κ1) is 10.9. The molecule has 4 nitrogen and oxygen atoms in total. The third kappa shape index (κ3) is 2.32. The molecule has 0 spiro atoms. The highest BCUT2D eigenvalue weighted by molar-refractivity contribution is 5.95. The summed E-state index contributed by atoms with van der Waals surface area (Å²) in [6.45, 7) is 3.57. The number of carbonyl (C=O) groups excluding carboxylic acids is 1. The maximum Gasteiger partial charge on any atom is 0.254 e. The fourth-order valence-electron chi connectivity index (χ4n) is 2.10. The van der Waals surface area contributed by atoms with Crippen molar-refractivity contribution in [3.63, 3.8) is 0 Å². The molecule has 0 unspecified atom stereocenters. The summed E-state index contributed by atoms with van der Waals surface area (Å²) >= 11 is 0. The average Bonchev–Trinajstić information content (AvgIpc) is 2.28. The van der Waals surface area contributed by atoms with Gasteiger partial charge in [0.05, 0.1) is 0 Å². The minimum Gasteiger partial charge on any atom is -0.384 e. The zero-order valence-electron chi connectivity index (χ0n) is 9.57. The molecular formula is C12H17N3O. The average molecular weight is 219 g/mol. The summed E-state index contributed by atoms with van der Waals surface area (Å²) in [6, 6.07) is 3.46. The molecule has 2 rings (SSSR count). The Balaban J connectivity index is 2.19. The number of amides is 1. The molecule has 1 fully saturated rings. The summed E-state index contributed by atoms with van der Waals surface area (Å²) < 4.78 is 0. The molecule has 1 aliphatic rings. The third-order valence-corrected chi connectivity index (χ3v) is 2.86. The monoisotopic (exact) mass is 219 g/mol. The van der Waals surface area contributed by atoms with Crippen molar-refractivity contribution in [2.24, 2.45) is 0 Å². The summed E-state index contributed by atoms with van der Waals surface area (Å²) in [5.41, 5.74) is 7.10. The van der Waals surface area contributed by atoms with Crippen LogP contribution in [0.3, 0.4) is 0 Å². The number of anilines is 1. The van der Waals surface area contributed by atoms with Gasteiger partial charge < -0.3 is 10.6 Å². The van der Waals surface area contributed by atoms with Crippen molar-refractivity contribution in [1.29, 1.82) is 0 Å². The van der Waals surface area contributed by atoms with Crippen LogP contribution in [0.4, 0.5) is 5.82 Å². The fourth-order valence-corrected chi connectivity index (χ4v) is 2.10. The number of nitrogens with zero attached hydrogens (tertiary/aromatic N) is 2. The van der Waals surface area contributed by atoms with Crippen LogP contribution in [0.1, 0.15) is 35.3 Å². The van der Waals surface area contributed by atoms with Crippen LogP contribution >= 0.6 is 0 Å².